The molecule has 4 nitrogen and oxygen atoms in total. The lowest BCUT2D eigenvalue weighted by Gasteiger charge is -2.05. The Morgan fingerprint density at radius 2 is 2.22 bits per heavy atom. The van der Waals surface area contributed by atoms with Crippen molar-refractivity contribution in [3.63, 3.8) is 0 Å². The van der Waals surface area contributed by atoms with Crippen molar-refractivity contribution in [3.8, 4) is 11.8 Å². The summed E-state index contributed by atoms with van der Waals surface area (Å²) in [6.07, 6.45) is 3.14. The van der Waals surface area contributed by atoms with Gasteiger partial charge in [-0.15, -0.1) is 11.3 Å². The van der Waals surface area contributed by atoms with Gasteiger partial charge in [0, 0.05) is 23.8 Å². The van der Waals surface area contributed by atoms with E-state index >= 15 is 0 Å². The van der Waals surface area contributed by atoms with Crippen molar-refractivity contribution in [2.24, 2.45) is 0 Å². The Morgan fingerprint density at radius 1 is 1.50 bits per heavy atom. The minimum Gasteiger partial charge on any atom is -0.496 e. The fraction of sp³-hybridized carbons (Fsp3) is 0.154. The van der Waals surface area contributed by atoms with E-state index in [-0.39, 0.29) is 5.78 Å². The number of nitrogens with zero attached hydrogens (tertiary/aromatic N) is 2. The van der Waals surface area contributed by atoms with Crippen LogP contribution in [0.1, 0.15) is 21.2 Å². The van der Waals surface area contributed by atoms with Gasteiger partial charge < -0.3 is 4.74 Å². The average Bonchev–Trinajstić information content (AvgIpc) is 2.89. The number of hydrogen-bond acceptors (Lipinski definition) is 5. The molecule has 0 saturated heterocycles. The highest BCUT2D eigenvalue weighted by molar-refractivity contribution is 7.12. The highest BCUT2D eigenvalue weighted by Crippen LogP contribution is 2.27. The van der Waals surface area contributed by atoms with Crippen LogP contribution in [-0.2, 0) is 0 Å². The van der Waals surface area contributed by atoms with E-state index in [1.54, 1.807) is 43.1 Å². The van der Waals surface area contributed by atoms with Crippen molar-refractivity contribution in [1.29, 1.82) is 5.26 Å². The normalized spacial score (nSPS) is 11.6. The maximum atomic E-state index is 12.2. The van der Waals surface area contributed by atoms with Crippen LogP contribution in [0.3, 0.4) is 0 Å². The van der Waals surface area contributed by atoms with Crippen molar-refractivity contribution in [3.05, 3.63) is 46.4 Å². The first-order valence-corrected chi connectivity index (χ1v) is 6.10. The molecule has 2 aromatic heterocycles. The SMILES string of the molecule is COc1csc(C(=O)C(C#N)c2ccncc2)c1. The molecule has 0 fully saturated rings. The monoisotopic (exact) mass is 258 g/mol. The third-order valence-corrected chi connectivity index (χ3v) is 3.41. The molecule has 0 aliphatic rings. The lowest BCUT2D eigenvalue weighted by atomic mass is 9.96. The van der Waals surface area contributed by atoms with Crippen LogP contribution in [0, 0.1) is 11.3 Å². The Labute approximate surface area is 108 Å². The van der Waals surface area contributed by atoms with E-state index in [0.29, 0.717) is 16.2 Å². The first kappa shape index (κ1) is 12.3. The quantitative estimate of drug-likeness (QED) is 0.791. The van der Waals surface area contributed by atoms with Crippen LogP contribution in [0.15, 0.2) is 36.0 Å². The second kappa shape index (κ2) is 5.43. The first-order valence-electron chi connectivity index (χ1n) is 5.22. The van der Waals surface area contributed by atoms with E-state index in [9.17, 15) is 4.79 Å². The van der Waals surface area contributed by atoms with Crippen LogP contribution in [0.2, 0.25) is 0 Å². The number of Topliss-reactive ketones (excluding diaryl/α,β-unsaturated/α-hetero) is 1. The van der Waals surface area contributed by atoms with E-state index in [0.717, 1.165) is 0 Å². The molecule has 2 heterocycles. The molecule has 5 heteroatoms. The molecule has 2 aromatic rings. The molecule has 90 valence electrons. The molecule has 2 rings (SSSR count). The first-order chi connectivity index (χ1) is 8.76. The number of hydrogen-bond donors (Lipinski definition) is 0. The van der Waals surface area contributed by atoms with Gasteiger partial charge in [-0.3, -0.25) is 9.78 Å². The molecule has 1 atom stereocenters. The Morgan fingerprint density at radius 3 is 2.78 bits per heavy atom. The molecular formula is C13H10N2O2S. The third-order valence-electron chi connectivity index (χ3n) is 2.48. The highest BCUT2D eigenvalue weighted by Gasteiger charge is 2.23. The average molecular weight is 258 g/mol. The van der Waals surface area contributed by atoms with Gasteiger partial charge in [0.15, 0.2) is 5.78 Å². The number of carbonyl (C=O) groups excluding carboxylic acids is 1. The van der Waals surface area contributed by atoms with Gasteiger partial charge in [-0.25, -0.2) is 0 Å². The maximum absolute atomic E-state index is 12.2. The number of ketones is 1. The van der Waals surface area contributed by atoms with Crippen molar-refractivity contribution in [1.82, 2.24) is 4.98 Å². The summed E-state index contributed by atoms with van der Waals surface area (Å²) in [4.78, 5) is 16.6. The fourth-order valence-corrected chi connectivity index (χ4v) is 2.36. The van der Waals surface area contributed by atoms with Gasteiger partial charge in [0.1, 0.15) is 11.7 Å². The standard InChI is InChI=1S/C13H10N2O2S/c1-17-10-6-12(18-8-10)13(16)11(7-14)9-2-4-15-5-3-9/h2-6,8,11H,1H3. The number of rotatable bonds is 4. The second-order valence-electron chi connectivity index (χ2n) is 3.56. The Bertz CT molecular complexity index is 587. The van der Waals surface area contributed by atoms with Gasteiger partial charge in [-0.2, -0.15) is 5.26 Å². The lowest BCUT2D eigenvalue weighted by Crippen LogP contribution is -2.09. The summed E-state index contributed by atoms with van der Waals surface area (Å²) in [5.41, 5.74) is 0.657. The maximum Gasteiger partial charge on any atom is 0.194 e. The summed E-state index contributed by atoms with van der Waals surface area (Å²) in [5, 5.41) is 10.9. The number of carbonyl (C=O) groups is 1. The molecule has 0 aliphatic heterocycles. The zero-order valence-electron chi connectivity index (χ0n) is 9.66. The number of pyridine rings is 1. The zero-order chi connectivity index (χ0) is 13.0. The number of methoxy groups -OCH3 is 1. The van der Waals surface area contributed by atoms with Crippen molar-refractivity contribution in [2.75, 3.05) is 7.11 Å². The summed E-state index contributed by atoms with van der Waals surface area (Å²) in [7, 11) is 1.54. The van der Waals surface area contributed by atoms with Crippen molar-refractivity contribution < 1.29 is 9.53 Å². The minimum atomic E-state index is -0.795. The molecular weight excluding hydrogens is 248 g/mol. The molecule has 0 aliphatic carbocycles. The Kier molecular flexibility index (Phi) is 3.70. The van der Waals surface area contributed by atoms with Crippen LogP contribution < -0.4 is 4.74 Å². The van der Waals surface area contributed by atoms with Gasteiger partial charge in [0.05, 0.1) is 18.1 Å². The predicted molar refractivity (Wildman–Crippen MR) is 67.8 cm³/mol. The number of ether oxygens (including phenoxy) is 1. The van der Waals surface area contributed by atoms with Gasteiger partial charge in [0.2, 0.25) is 0 Å². The molecule has 0 spiro atoms. The minimum absolute atomic E-state index is 0.211. The molecule has 1 unspecified atom stereocenters. The summed E-state index contributed by atoms with van der Waals surface area (Å²) in [5.74, 6) is -0.372. The number of aromatic nitrogens is 1. The third kappa shape index (κ3) is 2.39. The van der Waals surface area contributed by atoms with Gasteiger partial charge >= 0.3 is 0 Å². The molecule has 0 aromatic carbocycles. The van der Waals surface area contributed by atoms with Crippen LogP contribution >= 0.6 is 11.3 Å². The van der Waals surface area contributed by atoms with E-state index in [1.165, 1.54) is 11.3 Å². The van der Waals surface area contributed by atoms with E-state index < -0.39 is 5.92 Å². The molecule has 0 N–H and O–H groups in total. The topological polar surface area (TPSA) is 63.0 Å². The molecule has 0 bridgehead atoms. The summed E-state index contributed by atoms with van der Waals surface area (Å²) in [6.45, 7) is 0. The van der Waals surface area contributed by atoms with Gasteiger partial charge in [0.25, 0.3) is 0 Å². The molecule has 0 radical (unpaired) electrons. The summed E-state index contributed by atoms with van der Waals surface area (Å²) < 4.78 is 5.03. The van der Waals surface area contributed by atoms with Gasteiger partial charge in [-0.05, 0) is 17.7 Å². The smallest absolute Gasteiger partial charge is 0.194 e. The Hall–Kier alpha value is -2.19. The van der Waals surface area contributed by atoms with Crippen molar-refractivity contribution in [2.45, 2.75) is 5.92 Å². The largest absolute Gasteiger partial charge is 0.496 e. The van der Waals surface area contributed by atoms with E-state index in [1.807, 2.05) is 6.07 Å². The predicted octanol–water partition coefficient (Wildman–Crippen LogP) is 2.64. The molecule has 0 saturated carbocycles. The summed E-state index contributed by atoms with van der Waals surface area (Å²) >= 11 is 1.28. The van der Waals surface area contributed by atoms with Crippen LogP contribution in [0.25, 0.3) is 0 Å². The van der Waals surface area contributed by atoms with Crippen LogP contribution in [0.4, 0.5) is 0 Å². The Balaban J connectivity index is 2.29. The number of thiophene rings is 1. The molecule has 0 amide bonds. The summed E-state index contributed by atoms with van der Waals surface area (Å²) in [6, 6.07) is 7.04. The van der Waals surface area contributed by atoms with Crippen molar-refractivity contribution >= 4 is 17.1 Å². The second-order valence-corrected chi connectivity index (χ2v) is 4.47. The lowest BCUT2D eigenvalue weighted by molar-refractivity contribution is 0.0982. The van der Waals surface area contributed by atoms with Crippen LogP contribution in [-0.4, -0.2) is 17.9 Å². The van der Waals surface area contributed by atoms with E-state index in [4.69, 9.17) is 10.00 Å². The van der Waals surface area contributed by atoms with Crippen LogP contribution in [0.5, 0.6) is 5.75 Å². The number of nitriles is 1. The van der Waals surface area contributed by atoms with E-state index in [2.05, 4.69) is 4.98 Å². The molecule has 18 heavy (non-hydrogen) atoms. The fourth-order valence-electron chi connectivity index (χ4n) is 1.54. The highest BCUT2D eigenvalue weighted by atomic mass is 32.1. The zero-order valence-corrected chi connectivity index (χ0v) is 10.5. The van der Waals surface area contributed by atoms with Gasteiger partial charge in [-0.1, -0.05) is 0 Å².